The van der Waals surface area contributed by atoms with Crippen LogP contribution in [0.1, 0.15) is 40.0 Å². The molecule has 0 radical (unpaired) electrons. The molecule has 0 saturated carbocycles. The molecule has 0 N–H and O–H groups in total. The second kappa shape index (κ2) is 19.2. The molecule has 14 rings (SSSR count). The number of nitrogens with zero attached hydrogens (tertiary/aromatic N) is 5. The average Bonchev–Trinajstić information content (AvgIpc) is 1.73. The molecule has 0 aliphatic heterocycles. The number of fused-ring (bicyclic) bond motifs is 7. The van der Waals surface area contributed by atoms with Crippen LogP contribution in [-0.4, -0.2) is 18.7 Å². The van der Waals surface area contributed by atoms with Gasteiger partial charge in [0.2, 0.25) is 0 Å². The Kier molecular flexibility index (Phi) is 9.40. The van der Waals surface area contributed by atoms with E-state index in [-0.39, 0.29) is 54.4 Å². The predicted octanol–water partition coefficient (Wildman–Crippen LogP) is 17.0. The minimum Gasteiger partial charge on any atom is -0.510 e. The summed E-state index contributed by atoms with van der Waals surface area (Å²) in [5, 5.41) is 4.28. The average molecular weight is 1180 g/mol. The summed E-state index contributed by atoms with van der Waals surface area (Å²) in [5.41, 5.74) is 9.20. The Morgan fingerprint density at radius 2 is 1.14 bits per heavy atom. The quantitative estimate of drug-likeness (QED) is 0.107. The Morgan fingerprint density at radius 1 is 0.506 bits per heavy atom. The number of ether oxygens (including phenoxy) is 1. The van der Waals surface area contributed by atoms with Crippen LogP contribution in [0.5, 0.6) is 11.5 Å². The van der Waals surface area contributed by atoms with Crippen molar-refractivity contribution in [2.45, 2.75) is 26.2 Å². The van der Waals surface area contributed by atoms with Gasteiger partial charge in [-0.2, -0.15) is 18.2 Å². The summed E-state index contributed by atoms with van der Waals surface area (Å²) in [5.74, 6) is 1.47. The van der Waals surface area contributed by atoms with Gasteiger partial charge in [-0.3, -0.25) is 4.57 Å². The molecule has 0 amide bonds. The summed E-state index contributed by atoms with van der Waals surface area (Å²) in [6, 6.07) is 59.1. The smallest absolute Gasteiger partial charge is 0.268 e. The molecular formula is C70H49N5OPt-2. The van der Waals surface area contributed by atoms with Crippen molar-refractivity contribution in [2.24, 2.45) is 0 Å². The molecule has 10 aromatic carbocycles. The minimum atomic E-state index is -0.582. The fourth-order valence-electron chi connectivity index (χ4n) is 10.5. The van der Waals surface area contributed by atoms with Crippen LogP contribution in [0.25, 0.3) is 111 Å². The van der Waals surface area contributed by atoms with Crippen LogP contribution in [0.4, 0.5) is 0 Å². The van der Waals surface area contributed by atoms with Crippen molar-refractivity contribution >= 4 is 54.6 Å². The standard InChI is InChI=1S/C70H49N5O.Pt/c1-70(2,3)51-39-40-71-68(42-51)75-64-38-34-53(74-62-31-15-13-27-58(62)59-28-14-16-32-63(59)74)44-61(64)60-36-35-55(45-66(60)75)76-54-26-17-25-52(43-54)72-46-73(67-41-50(33-37-65(67)72)47-19-7-4-8-20-47)69-56(48-21-9-5-10-22-48)29-18-30-57(69)49-23-11-6-12-24-49;/h4-42,44H,1-3H3;/q-2;/i5D,6D,9D,10D,11D,12D,21D,22D,23D,24D;. The Bertz CT molecular complexity index is 4970. The van der Waals surface area contributed by atoms with Crippen molar-refractivity contribution in [3.05, 3.63) is 267 Å². The van der Waals surface area contributed by atoms with E-state index in [1.165, 1.54) is 10.8 Å². The molecule has 0 fully saturated rings. The van der Waals surface area contributed by atoms with Gasteiger partial charge in [-0.05, 0) is 104 Å². The molecule has 6 nitrogen and oxygen atoms in total. The number of pyridine rings is 1. The molecular weight excluding hydrogens is 1120 g/mol. The fraction of sp³-hybridized carbons (Fsp3) is 0.0571. The van der Waals surface area contributed by atoms with Crippen LogP contribution < -0.4 is 9.30 Å². The summed E-state index contributed by atoms with van der Waals surface area (Å²) in [6.07, 6.45) is 5.35. The van der Waals surface area contributed by atoms with Crippen LogP contribution in [0.3, 0.4) is 0 Å². The van der Waals surface area contributed by atoms with Gasteiger partial charge in [0, 0.05) is 60.7 Å². The molecule has 77 heavy (non-hydrogen) atoms. The number of imidazole rings is 1. The third-order valence-electron chi connectivity index (χ3n) is 14.1. The normalized spacial score (nSPS) is 13.5. The molecule has 0 aliphatic rings. The zero-order chi connectivity index (χ0) is 59.6. The summed E-state index contributed by atoms with van der Waals surface area (Å²) >= 11 is 0. The van der Waals surface area contributed by atoms with Gasteiger partial charge in [-0.1, -0.05) is 184 Å². The first kappa shape index (κ1) is 37.6. The van der Waals surface area contributed by atoms with E-state index >= 15 is 0 Å². The van der Waals surface area contributed by atoms with Gasteiger partial charge in [0.05, 0.1) is 41.5 Å². The topological polar surface area (TPSA) is 40.8 Å². The van der Waals surface area contributed by atoms with E-state index in [1.807, 2.05) is 85.1 Å². The zero-order valence-electron chi connectivity index (χ0n) is 51.8. The Hall–Kier alpha value is -9.09. The van der Waals surface area contributed by atoms with E-state index < -0.39 is 60.4 Å². The molecule has 0 spiro atoms. The van der Waals surface area contributed by atoms with E-state index in [9.17, 15) is 5.48 Å². The molecule has 4 aromatic heterocycles. The number of hydrogen-bond donors (Lipinski definition) is 0. The molecule has 0 bridgehead atoms. The first-order valence-corrected chi connectivity index (χ1v) is 25.0. The van der Waals surface area contributed by atoms with Crippen molar-refractivity contribution in [1.29, 1.82) is 0 Å². The van der Waals surface area contributed by atoms with Crippen LogP contribution >= 0.6 is 0 Å². The number of hydrogen-bond acceptors (Lipinski definition) is 2. The van der Waals surface area contributed by atoms with Gasteiger partial charge < -0.3 is 18.4 Å². The van der Waals surface area contributed by atoms with Crippen molar-refractivity contribution < 1.29 is 44.1 Å². The number of benzene rings is 10. The van der Waals surface area contributed by atoms with Gasteiger partial charge in [-0.15, -0.1) is 29.7 Å². The molecule has 14 aromatic rings. The Morgan fingerprint density at radius 3 is 1.84 bits per heavy atom. The first-order valence-electron chi connectivity index (χ1n) is 30.0. The van der Waals surface area contributed by atoms with Crippen LogP contribution in [0.2, 0.25) is 0 Å². The van der Waals surface area contributed by atoms with Crippen molar-refractivity contribution in [3.8, 4) is 67.8 Å². The fourth-order valence-corrected chi connectivity index (χ4v) is 10.5. The predicted molar refractivity (Wildman–Crippen MR) is 309 cm³/mol. The third kappa shape index (κ3) is 8.33. The van der Waals surface area contributed by atoms with E-state index in [2.05, 4.69) is 121 Å². The second-order valence-electron chi connectivity index (χ2n) is 19.7. The van der Waals surface area contributed by atoms with Gasteiger partial charge >= 0.3 is 0 Å². The molecule has 0 saturated heterocycles. The van der Waals surface area contributed by atoms with Gasteiger partial charge in [0.25, 0.3) is 6.33 Å². The third-order valence-corrected chi connectivity index (χ3v) is 14.1. The van der Waals surface area contributed by atoms with E-state index in [0.29, 0.717) is 28.2 Å². The first-order chi connectivity index (χ1) is 41.5. The molecule has 0 atom stereocenters. The summed E-state index contributed by atoms with van der Waals surface area (Å²) in [6.45, 7) is 6.54. The van der Waals surface area contributed by atoms with Gasteiger partial charge in [0.15, 0.2) is 0 Å². The van der Waals surface area contributed by atoms with E-state index in [0.717, 1.165) is 61.0 Å². The van der Waals surface area contributed by atoms with Crippen molar-refractivity contribution in [2.75, 3.05) is 0 Å². The van der Waals surface area contributed by atoms with E-state index in [1.54, 1.807) is 33.4 Å². The van der Waals surface area contributed by atoms with Crippen LogP contribution in [-0.2, 0) is 26.5 Å². The SMILES string of the molecule is [2H]c1c([2H])c([2H])c(-c2cccc(-c3c([2H])c([2H])c([2H])c([2H])c3[2H])c2-[n+]2[c-]n(-c3[c-]c(Oc4[c-]c5c(cc4)c4cc(-n6c7ccccc7c7ccccc76)ccc4n5-c4cc(C(C)(C)C)ccn4)ccc3)c3ccc(-c4ccccc4)cc32)c([2H])c1[2H].[Pt]. The molecule has 0 unspecified atom stereocenters. The van der Waals surface area contributed by atoms with Crippen LogP contribution in [0, 0.1) is 18.5 Å². The Balaban J connectivity index is 0.00000700. The minimum absolute atomic E-state index is 0. The van der Waals surface area contributed by atoms with Gasteiger partial charge in [0.1, 0.15) is 5.82 Å². The maximum absolute atomic E-state index is 9.21. The summed E-state index contributed by atoms with van der Waals surface area (Å²) < 4.78 is 103. The Labute approximate surface area is 475 Å². The maximum atomic E-state index is 9.21. The largest absolute Gasteiger partial charge is 0.510 e. The molecule has 0 aliphatic carbocycles. The monoisotopic (exact) mass is 1180 g/mol. The van der Waals surface area contributed by atoms with Crippen molar-refractivity contribution in [1.82, 2.24) is 18.7 Å². The summed E-state index contributed by atoms with van der Waals surface area (Å²) in [4.78, 5) is 4.96. The number of rotatable bonds is 9. The zero-order valence-corrected chi connectivity index (χ0v) is 44.1. The second-order valence-corrected chi connectivity index (χ2v) is 19.7. The molecule has 372 valence electrons. The molecule has 4 heterocycles. The number of para-hydroxylation sites is 3. The van der Waals surface area contributed by atoms with E-state index in [4.69, 9.17) is 17.9 Å². The molecule has 7 heteroatoms. The van der Waals surface area contributed by atoms with Crippen LogP contribution in [0.15, 0.2) is 243 Å². The number of aromatic nitrogens is 5. The maximum Gasteiger partial charge on any atom is 0.268 e. The summed E-state index contributed by atoms with van der Waals surface area (Å²) in [7, 11) is 0. The van der Waals surface area contributed by atoms with Crippen molar-refractivity contribution in [3.63, 3.8) is 0 Å². The van der Waals surface area contributed by atoms with Gasteiger partial charge in [-0.25, -0.2) is 4.98 Å².